The van der Waals surface area contributed by atoms with Gasteiger partial charge in [-0.1, -0.05) is 20.3 Å². The van der Waals surface area contributed by atoms with E-state index in [-0.39, 0.29) is 42.0 Å². The molecule has 2 fully saturated rings. The van der Waals surface area contributed by atoms with E-state index in [0.717, 1.165) is 12.1 Å². The Balaban J connectivity index is 1.47. The summed E-state index contributed by atoms with van der Waals surface area (Å²) in [6.07, 6.45) is 2.93. The molecule has 0 aromatic heterocycles. The van der Waals surface area contributed by atoms with Crippen LogP contribution in [-0.2, 0) is 14.4 Å². The van der Waals surface area contributed by atoms with Gasteiger partial charge in [0.25, 0.3) is 5.91 Å². The van der Waals surface area contributed by atoms with Crippen LogP contribution in [0.25, 0.3) is 0 Å². The number of Topliss-reactive ketones (excluding diaryl/α,β-unsaturated/α-hetero) is 1. The van der Waals surface area contributed by atoms with E-state index in [0.29, 0.717) is 44.3 Å². The van der Waals surface area contributed by atoms with Crippen LogP contribution >= 0.6 is 0 Å². The van der Waals surface area contributed by atoms with E-state index < -0.39 is 12.1 Å². The molecule has 2 saturated heterocycles. The number of anilines is 1. The van der Waals surface area contributed by atoms with Crippen molar-refractivity contribution >= 4 is 29.2 Å². The maximum atomic E-state index is 13.0. The smallest absolute Gasteiger partial charge is 0.251 e. The summed E-state index contributed by atoms with van der Waals surface area (Å²) >= 11 is 0. The van der Waals surface area contributed by atoms with E-state index in [1.807, 2.05) is 45.0 Å². The lowest BCUT2D eigenvalue weighted by Gasteiger charge is -2.26. The molecule has 192 valence electrons. The molecule has 1 aromatic rings. The van der Waals surface area contributed by atoms with Gasteiger partial charge in [0, 0.05) is 44.9 Å². The summed E-state index contributed by atoms with van der Waals surface area (Å²) in [6.45, 7) is 4.91. The van der Waals surface area contributed by atoms with Crippen LogP contribution in [0, 0.1) is 5.92 Å². The van der Waals surface area contributed by atoms with E-state index in [4.69, 9.17) is 5.73 Å². The number of ketones is 1. The molecular formula is C26H39N5O4. The molecule has 3 N–H and O–H groups in total. The first kappa shape index (κ1) is 26.7. The second-order valence-electron chi connectivity index (χ2n) is 10.0. The van der Waals surface area contributed by atoms with Gasteiger partial charge in [-0.15, -0.1) is 0 Å². The van der Waals surface area contributed by atoms with E-state index in [1.54, 1.807) is 21.9 Å². The Bertz CT molecular complexity index is 932. The number of carbonyl (C=O) groups is 4. The lowest BCUT2D eigenvalue weighted by molar-refractivity contribution is -0.137. The molecule has 2 aliphatic heterocycles. The van der Waals surface area contributed by atoms with Crippen molar-refractivity contribution in [1.29, 1.82) is 0 Å². The fourth-order valence-corrected chi connectivity index (χ4v) is 5.00. The zero-order chi connectivity index (χ0) is 25.7. The number of benzene rings is 1. The first-order valence-electron chi connectivity index (χ1n) is 12.6. The molecule has 0 aliphatic carbocycles. The molecule has 0 spiro atoms. The molecule has 9 nitrogen and oxygen atoms in total. The summed E-state index contributed by atoms with van der Waals surface area (Å²) < 4.78 is 0. The zero-order valence-corrected chi connectivity index (χ0v) is 21.3. The summed E-state index contributed by atoms with van der Waals surface area (Å²) in [5.74, 6) is -0.444. The largest absolute Gasteiger partial charge is 0.378 e. The van der Waals surface area contributed by atoms with Gasteiger partial charge < -0.3 is 25.8 Å². The second-order valence-corrected chi connectivity index (χ2v) is 10.0. The highest BCUT2D eigenvalue weighted by Gasteiger charge is 2.51. The van der Waals surface area contributed by atoms with Crippen LogP contribution in [0.4, 0.5) is 5.69 Å². The highest BCUT2D eigenvalue weighted by atomic mass is 16.2. The Kier molecular flexibility index (Phi) is 8.88. The van der Waals surface area contributed by atoms with Crippen LogP contribution in [0.2, 0.25) is 0 Å². The number of rotatable bonds is 10. The van der Waals surface area contributed by atoms with Crippen molar-refractivity contribution in [3.63, 3.8) is 0 Å². The average molecular weight is 486 g/mol. The van der Waals surface area contributed by atoms with Crippen molar-refractivity contribution in [3.05, 3.63) is 29.8 Å². The van der Waals surface area contributed by atoms with Crippen LogP contribution in [0.1, 0.15) is 56.3 Å². The Hall–Kier alpha value is -2.94. The predicted octanol–water partition coefficient (Wildman–Crippen LogP) is 1.41. The Labute approximate surface area is 208 Å². The van der Waals surface area contributed by atoms with Crippen LogP contribution < -0.4 is 16.0 Å². The molecule has 1 aromatic carbocycles. The molecule has 2 aliphatic rings. The number of hydrogen-bond acceptors (Lipinski definition) is 6. The number of nitrogens with two attached hydrogens (primary N) is 1. The minimum Gasteiger partial charge on any atom is -0.378 e. The molecular weight excluding hydrogens is 446 g/mol. The summed E-state index contributed by atoms with van der Waals surface area (Å²) in [5, 5.41) is 2.92. The van der Waals surface area contributed by atoms with Crippen LogP contribution in [0.3, 0.4) is 0 Å². The average Bonchev–Trinajstić information content (AvgIpc) is 3.40. The third-order valence-electron chi connectivity index (χ3n) is 7.03. The first-order chi connectivity index (χ1) is 16.6. The number of carbonyl (C=O) groups excluding carboxylic acids is 4. The van der Waals surface area contributed by atoms with E-state index in [9.17, 15) is 19.2 Å². The molecule has 4 unspecified atom stereocenters. The summed E-state index contributed by atoms with van der Waals surface area (Å²) in [6, 6.07) is 5.96. The van der Waals surface area contributed by atoms with Crippen LogP contribution in [-0.4, -0.2) is 85.2 Å². The van der Waals surface area contributed by atoms with Gasteiger partial charge in [0.15, 0.2) is 5.78 Å². The fourth-order valence-electron chi connectivity index (χ4n) is 5.00. The fraction of sp³-hybridized carbons (Fsp3) is 0.615. The number of fused-ring (bicyclic) bond motifs is 1. The molecule has 4 atom stereocenters. The third-order valence-corrected chi connectivity index (χ3v) is 7.03. The van der Waals surface area contributed by atoms with Gasteiger partial charge in [-0.3, -0.25) is 19.2 Å². The van der Waals surface area contributed by atoms with E-state index >= 15 is 0 Å². The topological polar surface area (TPSA) is 116 Å². The minimum absolute atomic E-state index is 0.0342. The summed E-state index contributed by atoms with van der Waals surface area (Å²) in [7, 11) is 3.89. The quantitative estimate of drug-likeness (QED) is 0.518. The van der Waals surface area contributed by atoms with Crippen LogP contribution in [0.5, 0.6) is 0 Å². The Morgan fingerprint density at radius 3 is 2.46 bits per heavy atom. The maximum Gasteiger partial charge on any atom is 0.251 e. The van der Waals surface area contributed by atoms with Gasteiger partial charge in [-0.25, -0.2) is 0 Å². The van der Waals surface area contributed by atoms with Gasteiger partial charge in [0.2, 0.25) is 11.8 Å². The normalized spacial score (nSPS) is 21.0. The first-order valence-corrected chi connectivity index (χ1v) is 12.6. The lowest BCUT2D eigenvalue weighted by atomic mass is 10.0. The third kappa shape index (κ3) is 6.20. The zero-order valence-electron chi connectivity index (χ0n) is 21.3. The monoisotopic (exact) mass is 485 g/mol. The van der Waals surface area contributed by atoms with Crippen molar-refractivity contribution < 1.29 is 19.2 Å². The van der Waals surface area contributed by atoms with E-state index in [1.165, 1.54) is 0 Å². The van der Waals surface area contributed by atoms with Gasteiger partial charge in [-0.2, -0.15) is 0 Å². The molecule has 2 heterocycles. The Morgan fingerprint density at radius 2 is 1.83 bits per heavy atom. The van der Waals surface area contributed by atoms with Gasteiger partial charge in [-0.05, 0) is 49.4 Å². The maximum absolute atomic E-state index is 13.0. The minimum atomic E-state index is -0.600. The summed E-state index contributed by atoms with van der Waals surface area (Å²) in [4.78, 5) is 56.0. The molecule has 0 saturated carbocycles. The molecule has 35 heavy (non-hydrogen) atoms. The molecule has 3 rings (SSSR count). The number of nitrogens with zero attached hydrogens (tertiary/aromatic N) is 3. The van der Waals surface area contributed by atoms with Crippen molar-refractivity contribution in [3.8, 4) is 0 Å². The highest BCUT2D eigenvalue weighted by molar-refractivity contribution is 5.98. The number of hydrogen-bond donors (Lipinski definition) is 2. The standard InChI is InChI=1S/C26H39N5O4/c1-5-6-20(27)26(35)31-16-22(32)24-21(31)12-14-30(24)23(33)15-17(2)11-13-28-25(34)18-7-9-19(10-8-18)29(3)4/h7-10,17,20-21,24H,5-6,11-16,27H2,1-4H3,(H,28,34). The van der Waals surface area contributed by atoms with Crippen molar-refractivity contribution in [2.24, 2.45) is 11.7 Å². The number of likely N-dealkylation sites (tertiary alicyclic amines) is 2. The highest BCUT2D eigenvalue weighted by Crippen LogP contribution is 2.31. The molecule has 0 radical (unpaired) electrons. The lowest BCUT2D eigenvalue weighted by Crippen LogP contribution is -2.48. The Morgan fingerprint density at radius 1 is 1.14 bits per heavy atom. The molecule has 3 amide bonds. The molecule has 9 heteroatoms. The SMILES string of the molecule is CCCC(N)C(=O)N1CC(=O)C2C1CCN2C(=O)CC(C)CCNC(=O)c1ccc(N(C)C)cc1. The van der Waals surface area contributed by atoms with Gasteiger partial charge in [0.05, 0.1) is 18.6 Å². The predicted molar refractivity (Wildman–Crippen MR) is 135 cm³/mol. The van der Waals surface area contributed by atoms with Gasteiger partial charge in [0.1, 0.15) is 6.04 Å². The van der Waals surface area contributed by atoms with E-state index in [2.05, 4.69) is 5.32 Å². The molecule has 0 bridgehead atoms. The number of amides is 3. The second kappa shape index (κ2) is 11.7. The van der Waals surface area contributed by atoms with Crippen molar-refractivity contribution in [1.82, 2.24) is 15.1 Å². The van der Waals surface area contributed by atoms with Crippen LogP contribution in [0.15, 0.2) is 24.3 Å². The van der Waals surface area contributed by atoms with Gasteiger partial charge >= 0.3 is 0 Å². The summed E-state index contributed by atoms with van der Waals surface area (Å²) in [5.41, 5.74) is 7.62. The van der Waals surface area contributed by atoms with Crippen molar-refractivity contribution in [2.75, 3.05) is 38.6 Å². The van der Waals surface area contributed by atoms with Crippen molar-refractivity contribution in [2.45, 2.75) is 64.1 Å². The number of nitrogens with one attached hydrogen (secondary N) is 1.